The third-order valence-electron chi connectivity index (χ3n) is 4.24. The van der Waals surface area contributed by atoms with Crippen LogP contribution in [0.3, 0.4) is 0 Å². The molecule has 1 saturated heterocycles. The van der Waals surface area contributed by atoms with Gasteiger partial charge in [-0.05, 0) is 39.3 Å². The number of nitrogens with zero attached hydrogens (tertiary/aromatic N) is 1. The summed E-state index contributed by atoms with van der Waals surface area (Å²) in [6.07, 6.45) is 0. The third-order valence-corrected chi connectivity index (χ3v) is 5.78. The highest BCUT2D eigenvalue weighted by molar-refractivity contribution is 8.14. The van der Waals surface area contributed by atoms with Crippen LogP contribution >= 0.6 is 23.4 Å². The third kappa shape index (κ3) is 3.31. The Morgan fingerprint density at radius 3 is 2.64 bits per heavy atom. The number of halogens is 1. The fourth-order valence-electron chi connectivity index (χ4n) is 2.13. The molecule has 22 heavy (non-hydrogen) atoms. The Hall–Kier alpha value is -1.04. The van der Waals surface area contributed by atoms with E-state index in [0.717, 1.165) is 5.56 Å². The van der Waals surface area contributed by atoms with E-state index in [9.17, 15) is 9.90 Å². The lowest BCUT2D eigenvalue weighted by molar-refractivity contribution is -0.140. The number of aliphatic imine (C=N–C) groups is 1. The van der Waals surface area contributed by atoms with Gasteiger partial charge >= 0.3 is 0 Å². The fraction of sp³-hybridized carbons (Fsp3) is 0.500. The van der Waals surface area contributed by atoms with E-state index in [1.54, 1.807) is 20.8 Å². The van der Waals surface area contributed by atoms with Crippen molar-refractivity contribution in [3.8, 4) is 0 Å². The molecule has 6 heteroatoms. The number of aliphatic hydroxyl groups is 1. The molecule has 2 N–H and O–H groups in total. The number of hydrogen-bond donors (Lipinski definition) is 2. The molecule has 1 aromatic rings. The molecule has 1 aliphatic rings. The fourth-order valence-corrected chi connectivity index (χ4v) is 3.73. The molecule has 0 bridgehead atoms. The molecule has 1 heterocycles. The van der Waals surface area contributed by atoms with Gasteiger partial charge in [0.15, 0.2) is 5.17 Å². The standard InChI is InChI=1S/C16H21ClN2O2S/c1-10(11-7-5-6-8-12(11)17)18-14-19-13(20)16(4,9-22-14)15(2,3)21/h5-8,10,21H,9H2,1-4H3,(H,18,19,20)/t10-,16?/m0/s1. The van der Waals surface area contributed by atoms with Crippen molar-refractivity contribution in [2.24, 2.45) is 10.4 Å². The first kappa shape index (κ1) is 17.3. The number of rotatable bonds is 3. The molecule has 0 radical (unpaired) electrons. The highest BCUT2D eigenvalue weighted by Gasteiger charge is 2.49. The minimum absolute atomic E-state index is 0.150. The summed E-state index contributed by atoms with van der Waals surface area (Å²) in [5, 5.41) is 14.3. The molecule has 0 saturated carbocycles. The average molecular weight is 341 g/mol. The number of amidine groups is 1. The Morgan fingerprint density at radius 1 is 1.45 bits per heavy atom. The van der Waals surface area contributed by atoms with Gasteiger partial charge in [-0.2, -0.15) is 0 Å². The Balaban J connectivity index is 2.17. The van der Waals surface area contributed by atoms with Crippen molar-refractivity contribution in [1.29, 1.82) is 0 Å². The Bertz CT molecular complexity index is 612. The van der Waals surface area contributed by atoms with Gasteiger partial charge in [0.05, 0.1) is 17.1 Å². The minimum atomic E-state index is -1.09. The van der Waals surface area contributed by atoms with Gasteiger partial charge < -0.3 is 10.4 Å². The maximum Gasteiger partial charge on any atom is 0.235 e. The Kier molecular flexibility index (Phi) is 4.90. The van der Waals surface area contributed by atoms with E-state index in [1.165, 1.54) is 11.8 Å². The van der Waals surface area contributed by atoms with Crippen LogP contribution in [0.2, 0.25) is 5.02 Å². The molecule has 120 valence electrons. The highest BCUT2D eigenvalue weighted by Crippen LogP contribution is 2.38. The van der Waals surface area contributed by atoms with Crippen LogP contribution in [0.1, 0.15) is 39.3 Å². The Morgan fingerprint density at radius 2 is 2.09 bits per heavy atom. The van der Waals surface area contributed by atoms with E-state index in [-0.39, 0.29) is 11.9 Å². The van der Waals surface area contributed by atoms with Crippen LogP contribution in [-0.4, -0.2) is 27.5 Å². The van der Waals surface area contributed by atoms with Crippen LogP contribution in [-0.2, 0) is 4.79 Å². The highest BCUT2D eigenvalue weighted by atomic mass is 35.5. The maximum atomic E-state index is 12.4. The smallest absolute Gasteiger partial charge is 0.235 e. The summed E-state index contributed by atoms with van der Waals surface area (Å²) in [5.74, 6) is 0.278. The molecular weight excluding hydrogens is 320 g/mol. The second-order valence-electron chi connectivity index (χ2n) is 6.27. The zero-order chi connectivity index (χ0) is 16.5. The molecule has 0 spiro atoms. The molecule has 2 atom stereocenters. The van der Waals surface area contributed by atoms with Gasteiger partial charge in [-0.1, -0.05) is 41.6 Å². The summed E-state index contributed by atoms with van der Waals surface area (Å²) in [4.78, 5) is 16.9. The molecule has 4 nitrogen and oxygen atoms in total. The van der Waals surface area contributed by atoms with Gasteiger partial charge in [-0.25, -0.2) is 0 Å². The van der Waals surface area contributed by atoms with Gasteiger partial charge in [0, 0.05) is 10.8 Å². The molecule has 2 rings (SSSR count). The number of carbonyl (C=O) groups excluding carboxylic acids is 1. The summed E-state index contributed by atoms with van der Waals surface area (Å²) in [5.41, 5.74) is -1.02. The van der Waals surface area contributed by atoms with Crippen LogP contribution < -0.4 is 5.32 Å². The summed E-state index contributed by atoms with van der Waals surface area (Å²) < 4.78 is 0. The van der Waals surface area contributed by atoms with Crippen LogP contribution in [0.15, 0.2) is 29.3 Å². The first-order valence-corrected chi connectivity index (χ1v) is 8.50. The largest absolute Gasteiger partial charge is 0.389 e. The molecular formula is C16H21ClN2O2S. The van der Waals surface area contributed by atoms with Gasteiger partial charge in [-0.15, -0.1) is 0 Å². The lowest BCUT2D eigenvalue weighted by Crippen LogP contribution is -2.57. The topological polar surface area (TPSA) is 61.7 Å². The van der Waals surface area contributed by atoms with E-state index < -0.39 is 11.0 Å². The molecule has 1 unspecified atom stereocenters. The predicted molar refractivity (Wildman–Crippen MR) is 92.3 cm³/mol. The quantitative estimate of drug-likeness (QED) is 0.886. The number of benzene rings is 1. The molecule has 1 aromatic carbocycles. The maximum absolute atomic E-state index is 12.4. The molecule has 1 amide bonds. The van der Waals surface area contributed by atoms with Crippen molar-refractivity contribution < 1.29 is 9.90 Å². The zero-order valence-corrected chi connectivity index (χ0v) is 14.8. The predicted octanol–water partition coefficient (Wildman–Crippen LogP) is 3.40. The van der Waals surface area contributed by atoms with Gasteiger partial charge in [0.25, 0.3) is 0 Å². The summed E-state index contributed by atoms with van der Waals surface area (Å²) in [6.45, 7) is 7.01. The van der Waals surface area contributed by atoms with E-state index in [4.69, 9.17) is 11.6 Å². The van der Waals surface area contributed by atoms with Crippen LogP contribution in [0, 0.1) is 5.41 Å². The second-order valence-corrected chi connectivity index (χ2v) is 7.64. The van der Waals surface area contributed by atoms with Crippen molar-refractivity contribution in [1.82, 2.24) is 5.32 Å². The number of carbonyl (C=O) groups is 1. The van der Waals surface area contributed by atoms with E-state index in [2.05, 4.69) is 10.3 Å². The number of hydrogen-bond acceptors (Lipinski definition) is 4. The average Bonchev–Trinajstić information content (AvgIpc) is 2.42. The SMILES string of the molecule is C[C@H](N=C1NC(=O)C(C)(C(C)(C)O)CS1)c1ccccc1Cl. The lowest BCUT2D eigenvalue weighted by atomic mass is 9.76. The zero-order valence-electron chi connectivity index (χ0n) is 13.2. The normalized spacial score (nSPS) is 25.9. The van der Waals surface area contributed by atoms with E-state index in [1.807, 2.05) is 31.2 Å². The molecule has 1 fully saturated rings. The summed E-state index contributed by atoms with van der Waals surface area (Å²) >= 11 is 7.62. The second kappa shape index (κ2) is 6.22. The molecule has 1 aliphatic heterocycles. The van der Waals surface area contributed by atoms with Crippen LogP contribution in [0.4, 0.5) is 0 Å². The lowest BCUT2D eigenvalue weighted by Gasteiger charge is -2.41. The van der Waals surface area contributed by atoms with Crippen molar-refractivity contribution >= 4 is 34.4 Å². The number of amides is 1. The van der Waals surface area contributed by atoms with Crippen molar-refractivity contribution in [2.75, 3.05) is 5.75 Å². The minimum Gasteiger partial charge on any atom is -0.389 e. The van der Waals surface area contributed by atoms with Gasteiger partial charge in [0.2, 0.25) is 5.91 Å². The first-order valence-electron chi connectivity index (χ1n) is 7.14. The van der Waals surface area contributed by atoms with Crippen molar-refractivity contribution in [2.45, 2.75) is 39.3 Å². The number of nitrogens with one attached hydrogen (secondary N) is 1. The van der Waals surface area contributed by atoms with Gasteiger partial charge in [0.1, 0.15) is 0 Å². The van der Waals surface area contributed by atoms with Crippen LogP contribution in [0.5, 0.6) is 0 Å². The van der Waals surface area contributed by atoms with Gasteiger partial charge in [-0.3, -0.25) is 9.79 Å². The molecule has 0 aliphatic carbocycles. The van der Waals surface area contributed by atoms with E-state index >= 15 is 0 Å². The van der Waals surface area contributed by atoms with Crippen molar-refractivity contribution in [3.63, 3.8) is 0 Å². The van der Waals surface area contributed by atoms with E-state index in [0.29, 0.717) is 15.9 Å². The first-order chi connectivity index (χ1) is 10.1. The van der Waals surface area contributed by atoms with Crippen LogP contribution in [0.25, 0.3) is 0 Å². The number of thioether (sulfide) groups is 1. The molecule has 0 aromatic heterocycles. The summed E-state index contributed by atoms with van der Waals surface area (Å²) in [7, 11) is 0. The Labute approximate surface area is 140 Å². The van der Waals surface area contributed by atoms with Crippen molar-refractivity contribution in [3.05, 3.63) is 34.9 Å². The monoisotopic (exact) mass is 340 g/mol. The summed E-state index contributed by atoms with van der Waals surface area (Å²) in [6, 6.07) is 7.38.